The third-order valence-electron chi connectivity index (χ3n) is 1.41. The first-order chi connectivity index (χ1) is 5.24. The van der Waals surface area contributed by atoms with Crippen molar-refractivity contribution in [3.63, 3.8) is 0 Å². The maximum Gasteiger partial charge on any atom is 0.165 e. The lowest BCUT2D eigenvalue weighted by Gasteiger charge is -2.02. The molecule has 0 spiro atoms. The fourth-order valence-electron chi connectivity index (χ4n) is 0.840. The van der Waals surface area contributed by atoms with Crippen molar-refractivity contribution in [2.45, 2.75) is 19.4 Å². The van der Waals surface area contributed by atoms with Gasteiger partial charge in [0.25, 0.3) is 0 Å². The van der Waals surface area contributed by atoms with Gasteiger partial charge >= 0.3 is 0 Å². The Morgan fingerprint density at radius 2 is 2.55 bits per heavy atom. The van der Waals surface area contributed by atoms with Gasteiger partial charge in [-0.05, 0) is 19.9 Å². The van der Waals surface area contributed by atoms with E-state index in [-0.39, 0.29) is 0 Å². The van der Waals surface area contributed by atoms with Crippen LogP contribution in [0.5, 0.6) is 0 Å². The van der Waals surface area contributed by atoms with Crippen LogP contribution in [0.1, 0.15) is 24.0 Å². The van der Waals surface area contributed by atoms with Gasteiger partial charge < -0.3 is 15.4 Å². The number of rotatable bonds is 3. The van der Waals surface area contributed by atoms with Gasteiger partial charge in [0, 0.05) is 6.07 Å². The quantitative estimate of drug-likeness (QED) is 0.663. The third-order valence-corrected chi connectivity index (χ3v) is 1.41. The molecule has 1 heterocycles. The van der Waals surface area contributed by atoms with Crippen molar-refractivity contribution >= 4 is 0 Å². The average Bonchev–Trinajstić information content (AvgIpc) is 2.36. The standard InChI is InChI=1S/C7H12N2O2/c1-5-4-7(11-9-5)6(10)2-3-8/h4,6,10H,2-3,8H2,1H3/t6-/m1/s1. The molecule has 1 aromatic rings. The zero-order chi connectivity index (χ0) is 8.27. The summed E-state index contributed by atoms with van der Waals surface area (Å²) in [6, 6.07) is 1.71. The molecule has 0 fully saturated rings. The van der Waals surface area contributed by atoms with E-state index in [0.717, 1.165) is 5.69 Å². The molecule has 1 atom stereocenters. The highest BCUT2D eigenvalue weighted by molar-refractivity contribution is 5.05. The molecule has 1 aromatic heterocycles. The topological polar surface area (TPSA) is 72.3 Å². The summed E-state index contributed by atoms with van der Waals surface area (Å²) in [4.78, 5) is 0. The fourth-order valence-corrected chi connectivity index (χ4v) is 0.840. The molecule has 4 nitrogen and oxygen atoms in total. The first kappa shape index (κ1) is 8.23. The summed E-state index contributed by atoms with van der Waals surface area (Å²) in [5.74, 6) is 0.493. The van der Waals surface area contributed by atoms with Gasteiger partial charge in [0.2, 0.25) is 0 Å². The minimum Gasteiger partial charge on any atom is -0.385 e. The largest absolute Gasteiger partial charge is 0.385 e. The van der Waals surface area contributed by atoms with Crippen LogP contribution >= 0.6 is 0 Å². The molecule has 0 aliphatic heterocycles. The molecule has 3 N–H and O–H groups in total. The highest BCUT2D eigenvalue weighted by atomic mass is 16.5. The number of aliphatic hydroxyl groups is 1. The normalized spacial score (nSPS) is 13.4. The van der Waals surface area contributed by atoms with E-state index < -0.39 is 6.10 Å². The smallest absolute Gasteiger partial charge is 0.165 e. The molecule has 0 bridgehead atoms. The van der Waals surface area contributed by atoms with Crippen LogP contribution in [0, 0.1) is 6.92 Å². The van der Waals surface area contributed by atoms with E-state index in [1.165, 1.54) is 0 Å². The zero-order valence-electron chi connectivity index (χ0n) is 6.45. The lowest BCUT2D eigenvalue weighted by molar-refractivity contribution is 0.133. The van der Waals surface area contributed by atoms with Gasteiger partial charge in [-0.15, -0.1) is 0 Å². The number of nitrogens with two attached hydrogens (primary N) is 1. The Morgan fingerprint density at radius 1 is 1.82 bits per heavy atom. The lowest BCUT2D eigenvalue weighted by Crippen LogP contribution is -2.05. The van der Waals surface area contributed by atoms with Crippen LogP contribution in [0.2, 0.25) is 0 Å². The van der Waals surface area contributed by atoms with Crippen LogP contribution in [-0.4, -0.2) is 16.8 Å². The predicted octanol–water partition coefficient (Wildman–Crippen LogP) is 0.365. The molecule has 1 rings (SSSR count). The van der Waals surface area contributed by atoms with Crippen molar-refractivity contribution in [1.29, 1.82) is 0 Å². The minimum atomic E-state index is -0.610. The molecular weight excluding hydrogens is 144 g/mol. The Balaban J connectivity index is 2.60. The van der Waals surface area contributed by atoms with Gasteiger partial charge in [-0.25, -0.2) is 0 Å². The van der Waals surface area contributed by atoms with Crippen molar-refractivity contribution < 1.29 is 9.63 Å². The van der Waals surface area contributed by atoms with E-state index in [2.05, 4.69) is 5.16 Å². The summed E-state index contributed by atoms with van der Waals surface area (Å²) in [7, 11) is 0. The number of nitrogens with zero attached hydrogens (tertiary/aromatic N) is 1. The maximum atomic E-state index is 9.32. The van der Waals surface area contributed by atoms with E-state index in [4.69, 9.17) is 10.3 Å². The van der Waals surface area contributed by atoms with Gasteiger partial charge in [0.05, 0.1) is 5.69 Å². The van der Waals surface area contributed by atoms with Crippen molar-refractivity contribution in [3.8, 4) is 0 Å². The number of aromatic nitrogens is 1. The molecule has 0 radical (unpaired) electrons. The molecule has 0 aromatic carbocycles. The lowest BCUT2D eigenvalue weighted by atomic mass is 10.2. The second-order valence-corrected chi connectivity index (χ2v) is 2.46. The van der Waals surface area contributed by atoms with Crippen LogP contribution in [-0.2, 0) is 0 Å². The first-order valence-corrected chi connectivity index (χ1v) is 3.55. The maximum absolute atomic E-state index is 9.32. The fraction of sp³-hybridized carbons (Fsp3) is 0.571. The highest BCUT2D eigenvalue weighted by Gasteiger charge is 2.10. The highest BCUT2D eigenvalue weighted by Crippen LogP contribution is 2.15. The van der Waals surface area contributed by atoms with Crippen LogP contribution in [0.15, 0.2) is 10.6 Å². The van der Waals surface area contributed by atoms with Crippen molar-refractivity contribution in [2.75, 3.05) is 6.54 Å². The van der Waals surface area contributed by atoms with E-state index >= 15 is 0 Å². The monoisotopic (exact) mass is 156 g/mol. The summed E-state index contributed by atoms with van der Waals surface area (Å²) in [5, 5.41) is 13.0. The summed E-state index contributed by atoms with van der Waals surface area (Å²) in [6.07, 6.45) is -0.101. The number of hydrogen-bond donors (Lipinski definition) is 2. The Hall–Kier alpha value is -0.870. The molecule has 0 unspecified atom stereocenters. The summed E-state index contributed by atoms with van der Waals surface area (Å²) in [5.41, 5.74) is 6.03. The van der Waals surface area contributed by atoms with Gasteiger partial charge in [0.15, 0.2) is 5.76 Å². The number of aryl methyl sites for hydroxylation is 1. The SMILES string of the molecule is Cc1cc([C@H](O)CCN)on1. The summed E-state index contributed by atoms with van der Waals surface area (Å²) < 4.78 is 4.82. The van der Waals surface area contributed by atoms with Gasteiger partial charge in [-0.3, -0.25) is 0 Å². The van der Waals surface area contributed by atoms with Crippen molar-refractivity contribution in [1.82, 2.24) is 5.16 Å². The van der Waals surface area contributed by atoms with Gasteiger partial charge in [-0.2, -0.15) is 0 Å². The molecule has 0 saturated heterocycles. The molecule has 0 aliphatic rings. The van der Waals surface area contributed by atoms with Gasteiger partial charge in [0.1, 0.15) is 6.10 Å². The minimum absolute atomic E-state index is 0.445. The van der Waals surface area contributed by atoms with Crippen LogP contribution in [0.4, 0.5) is 0 Å². The van der Waals surface area contributed by atoms with Crippen molar-refractivity contribution in [3.05, 3.63) is 17.5 Å². The Kier molecular flexibility index (Phi) is 2.62. The molecule has 0 saturated carbocycles. The second-order valence-electron chi connectivity index (χ2n) is 2.46. The Bertz CT molecular complexity index is 222. The molecule has 62 valence electrons. The summed E-state index contributed by atoms with van der Waals surface area (Å²) in [6.45, 7) is 2.25. The van der Waals surface area contributed by atoms with Crippen molar-refractivity contribution in [2.24, 2.45) is 5.73 Å². The molecule has 0 aliphatic carbocycles. The van der Waals surface area contributed by atoms with E-state index in [0.29, 0.717) is 18.7 Å². The van der Waals surface area contributed by atoms with Crippen LogP contribution in [0.25, 0.3) is 0 Å². The number of hydrogen-bond acceptors (Lipinski definition) is 4. The average molecular weight is 156 g/mol. The van der Waals surface area contributed by atoms with Crippen LogP contribution < -0.4 is 5.73 Å². The molecule has 4 heteroatoms. The number of aliphatic hydroxyl groups excluding tert-OH is 1. The first-order valence-electron chi connectivity index (χ1n) is 3.55. The predicted molar refractivity (Wildman–Crippen MR) is 39.9 cm³/mol. The second kappa shape index (κ2) is 3.50. The van der Waals surface area contributed by atoms with E-state index in [1.54, 1.807) is 6.07 Å². The zero-order valence-corrected chi connectivity index (χ0v) is 6.45. The Morgan fingerprint density at radius 3 is 3.00 bits per heavy atom. The third kappa shape index (κ3) is 2.03. The molecule has 11 heavy (non-hydrogen) atoms. The molecule has 0 amide bonds. The molecular formula is C7H12N2O2. The summed E-state index contributed by atoms with van der Waals surface area (Å²) >= 11 is 0. The van der Waals surface area contributed by atoms with Crippen LogP contribution in [0.3, 0.4) is 0 Å². The van der Waals surface area contributed by atoms with Gasteiger partial charge in [-0.1, -0.05) is 5.16 Å². The van der Waals surface area contributed by atoms with E-state index in [9.17, 15) is 5.11 Å². The Labute approximate surface area is 65.0 Å². The van der Waals surface area contributed by atoms with E-state index in [1.807, 2.05) is 6.92 Å².